The van der Waals surface area contributed by atoms with Gasteiger partial charge in [0.25, 0.3) is 0 Å². The van der Waals surface area contributed by atoms with Crippen molar-refractivity contribution in [2.45, 2.75) is 6.42 Å². The topological polar surface area (TPSA) is 43.4 Å². The summed E-state index contributed by atoms with van der Waals surface area (Å²) in [5, 5.41) is 3.32. The number of rotatable bonds is 2. The Balaban J connectivity index is 1.86. The first-order valence-corrected chi connectivity index (χ1v) is 6.88. The van der Waals surface area contributed by atoms with Gasteiger partial charge >= 0.3 is 0 Å². The van der Waals surface area contributed by atoms with Crippen molar-refractivity contribution in [1.82, 2.24) is 4.98 Å². The molecule has 0 fully saturated rings. The van der Waals surface area contributed by atoms with Gasteiger partial charge in [0.15, 0.2) is 11.5 Å². The highest BCUT2D eigenvalue weighted by molar-refractivity contribution is 9.10. The lowest BCUT2D eigenvalue weighted by atomic mass is 10.2. The van der Waals surface area contributed by atoms with Gasteiger partial charge in [0.2, 0.25) is 0 Å². The molecule has 0 saturated carbocycles. The van der Waals surface area contributed by atoms with E-state index in [0.29, 0.717) is 13.2 Å². The largest absolute Gasteiger partial charge is 0.490 e. The Bertz CT molecular complexity index is 589. The fourth-order valence-corrected chi connectivity index (χ4v) is 2.22. The first-order valence-electron chi connectivity index (χ1n) is 6.09. The molecule has 0 aliphatic carbocycles. The number of aromatic nitrogens is 1. The van der Waals surface area contributed by atoms with E-state index >= 15 is 0 Å². The zero-order valence-electron chi connectivity index (χ0n) is 10.2. The third kappa shape index (κ3) is 2.81. The molecule has 0 amide bonds. The summed E-state index contributed by atoms with van der Waals surface area (Å²) >= 11 is 3.46. The van der Waals surface area contributed by atoms with Crippen LogP contribution in [-0.2, 0) is 0 Å². The normalized spacial score (nSPS) is 13.7. The molecule has 19 heavy (non-hydrogen) atoms. The minimum Gasteiger partial charge on any atom is -0.490 e. The summed E-state index contributed by atoms with van der Waals surface area (Å²) in [6.07, 6.45) is 4.41. The number of hydrogen-bond acceptors (Lipinski definition) is 4. The molecule has 1 aliphatic rings. The predicted octanol–water partition coefficient (Wildman–Crippen LogP) is 3.75. The maximum absolute atomic E-state index is 5.67. The molecule has 0 atom stereocenters. The van der Waals surface area contributed by atoms with Crippen LogP contribution in [0.4, 0.5) is 11.4 Å². The quantitative estimate of drug-likeness (QED) is 0.915. The Labute approximate surface area is 119 Å². The van der Waals surface area contributed by atoms with E-state index < -0.39 is 0 Å². The van der Waals surface area contributed by atoms with Gasteiger partial charge in [-0.3, -0.25) is 4.98 Å². The second-order valence-electron chi connectivity index (χ2n) is 4.19. The first-order chi connectivity index (χ1) is 9.33. The number of fused-ring (bicyclic) bond motifs is 1. The van der Waals surface area contributed by atoms with E-state index in [1.807, 2.05) is 24.3 Å². The van der Waals surface area contributed by atoms with E-state index in [9.17, 15) is 0 Å². The van der Waals surface area contributed by atoms with Crippen LogP contribution in [-0.4, -0.2) is 18.2 Å². The number of ether oxygens (including phenoxy) is 2. The van der Waals surface area contributed by atoms with Crippen molar-refractivity contribution in [2.75, 3.05) is 18.5 Å². The van der Waals surface area contributed by atoms with Gasteiger partial charge in [0.05, 0.1) is 23.4 Å². The van der Waals surface area contributed by atoms with Crippen molar-refractivity contribution < 1.29 is 9.47 Å². The van der Waals surface area contributed by atoms with Crippen LogP contribution in [0.1, 0.15) is 6.42 Å². The fraction of sp³-hybridized carbons (Fsp3) is 0.214. The summed E-state index contributed by atoms with van der Waals surface area (Å²) in [4.78, 5) is 4.04. The summed E-state index contributed by atoms with van der Waals surface area (Å²) in [5.41, 5.74) is 1.92. The number of halogens is 1. The minimum atomic E-state index is 0.690. The van der Waals surface area contributed by atoms with Crippen molar-refractivity contribution in [3.05, 3.63) is 41.1 Å². The molecule has 1 N–H and O–H groups in total. The Morgan fingerprint density at radius 1 is 1.11 bits per heavy atom. The molecule has 0 unspecified atom stereocenters. The average Bonchev–Trinajstić information content (AvgIpc) is 2.66. The number of hydrogen-bond donors (Lipinski definition) is 1. The molecule has 5 heteroatoms. The number of anilines is 2. The smallest absolute Gasteiger partial charge is 0.163 e. The Morgan fingerprint density at radius 2 is 1.95 bits per heavy atom. The molecule has 1 aliphatic heterocycles. The van der Waals surface area contributed by atoms with Crippen LogP contribution in [0.25, 0.3) is 0 Å². The minimum absolute atomic E-state index is 0.690. The van der Waals surface area contributed by atoms with Crippen LogP contribution in [0.5, 0.6) is 11.5 Å². The van der Waals surface area contributed by atoms with Crippen LogP contribution in [0, 0.1) is 0 Å². The van der Waals surface area contributed by atoms with Crippen LogP contribution >= 0.6 is 15.9 Å². The molecule has 0 radical (unpaired) electrons. The SMILES string of the molecule is Brc1cnccc1Nc1ccc2c(c1)OCCCO2. The summed E-state index contributed by atoms with van der Waals surface area (Å²) in [5.74, 6) is 1.59. The number of benzene rings is 1. The average molecular weight is 321 g/mol. The zero-order chi connectivity index (χ0) is 13.1. The van der Waals surface area contributed by atoms with Gasteiger partial charge < -0.3 is 14.8 Å². The molecule has 0 spiro atoms. The maximum Gasteiger partial charge on any atom is 0.163 e. The van der Waals surface area contributed by atoms with Gasteiger partial charge in [0.1, 0.15) is 0 Å². The van der Waals surface area contributed by atoms with E-state index in [1.165, 1.54) is 0 Å². The van der Waals surface area contributed by atoms with Crippen molar-refractivity contribution in [2.24, 2.45) is 0 Å². The van der Waals surface area contributed by atoms with Crippen molar-refractivity contribution in [1.29, 1.82) is 0 Å². The van der Waals surface area contributed by atoms with Crippen LogP contribution in [0.15, 0.2) is 41.1 Å². The second-order valence-corrected chi connectivity index (χ2v) is 5.05. The molecule has 4 nitrogen and oxygen atoms in total. The van der Waals surface area contributed by atoms with Gasteiger partial charge in [-0.2, -0.15) is 0 Å². The lowest BCUT2D eigenvalue weighted by Crippen LogP contribution is -1.97. The third-order valence-electron chi connectivity index (χ3n) is 2.80. The Morgan fingerprint density at radius 3 is 2.79 bits per heavy atom. The van der Waals surface area contributed by atoms with Crippen molar-refractivity contribution in [3.63, 3.8) is 0 Å². The standard InChI is InChI=1S/C14H13BrN2O2/c15-11-9-16-5-4-12(11)17-10-2-3-13-14(8-10)19-7-1-6-18-13/h2-5,8-9H,1,6-7H2,(H,16,17). The lowest BCUT2D eigenvalue weighted by Gasteiger charge is -2.11. The molecule has 3 rings (SSSR count). The summed E-state index contributed by atoms with van der Waals surface area (Å²) < 4.78 is 12.2. The van der Waals surface area contributed by atoms with E-state index in [4.69, 9.17) is 9.47 Å². The van der Waals surface area contributed by atoms with Crippen LogP contribution in [0.2, 0.25) is 0 Å². The highest BCUT2D eigenvalue weighted by atomic mass is 79.9. The zero-order valence-corrected chi connectivity index (χ0v) is 11.8. The summed E-state index contributed by atoms with van der Waals surface area (Å²) in [6.45, 7) is 1.39. The number of nitrogens with zero attached hydrogens (tertiary/aromatic N) is 1. The lowest BCUT2D eigenvalue weighted by molar-refractivity contribution is 0.297. The highest BCUT2D eigenvalue weighted by Crippen LogP contribution is 2.34. The molecule has 98 valence electrons. The predicted molar refractivity (Wildman–Crippen MR) is 77.3 cm³/mol. The van der Waals surface area contributed by atoms with E-state index in [1.54, 1.807) is 12.4 Å². The third-order valence-corrected chi connectivity index (χ3v) is 3.43. The number of pyridine rings is 1. The molecule has 1 aromatic carbocycles. The molecule has 0 saturated heterocycles. The molecule has 1 aromatic heterocycles. The van der Waals surface area contributed by atoms with E-state index in [0.717, 1.165) is 33.8 Å². The van der Waals surface area contributed by atoms with Crippen molar-refractivity contribution >= 4 is 27.3 Å². The van der Waals surface area contributed by atoms with Crippen molar-refractivity contribution in [3.8, 4) is 11.5 Å². The molecular weight excluding hydrogens is 308 g/mol. The monoisotopic (exact) mass is 320 g/mol. The van der Waals surface area contributed by atoms with Gasteiger partial charge in [-0.15, -0.1) is 0 Å². The van der Waals surface area contributed by atoms with Crippen LogP contribution < -0.4 is 14.8 Å². The Kier molecular flexibility index (Phi) is 3.55. The Hall–Kier alpha value is -1.75. The van der Waals surface area contributed by atoms with Crippen LogP contribution in [0.3, 0.4) is 0 Å². The van der Waals surface area contributed by atoms with Gasteiger partial charge in [0, 0.05) is 30.6 Å². The van der Waals surface area contributed by atoms with Gasteiger partial charge in [-0.25, -0.2) is 0 Å². The van der Waals surface area contributed by atoms with Gasteiger partial charge in [-0.1, -0.05) is 0 Å². The second kappa shape index (κ2) is 5.48. The van der Waals surface area contributed by atoms with E-state index in [-0.39, 0.29) is 0 Å². The molecule has 0 bridgehead atoms. The summed E-state index contributed by atoms with van der Waals surface area (Å²) in [6, 6.07) is 7.76. The first kappa shape index (κ1) is 12.3. The van der Waals surface area contributed by atoms with Gasteiger partial charge in [-0.05, 0) is 34.1 Å². The number of nitrogens with one attached hydrogen (secondary N) is 1. The molecular formula is C14H13BrN2O2. The molecule has 2 heterocycles. The maximum atomic E-state index is 5.67. The highest BCUT2D eigenvalue weighted by Gasteiger charge is 2.11. The van der Waals surface area contributed by atoms with E-state index in [2.05, 4.69) is 26.2 Å². The molecule has 2 aromatic rings. The fourth-order valence-electron chi connectivity index (χ4n) is 1.87. The summed E-state index contributed by atoms with van der Waals surface area (Å²) in [7, 11) is 0.